The second-order valence-corrected chi connectivity index (χ2v) is 3.88. The molecule has 1 N–H and O–H groups in total. The molecule has 0 aliphatic carbocycles. The van der Waals surface area contributed by atoms with Crippen molar-refractivity contribution in [1.29, 1.82) is 0 Å². The third-order valence-corrected chi connectivity index (χ3v) is 2.63. The van der Waals surface area contributed by atoms with Gasteiger partial charge in [0.1, 0.15) is 5.82 Å². The second-order valence-electron chi connectivity index (χ2n) is 3.88. The molecule has 0 radical (unpaired) electrons. The Balaban J connectivity index is 2.05. The zero-order valence-corrected chi connectivity index (χ0v) is 9.46. The maximum absolute atomic E-state index is 4.35. The van der Waals surface area contributed by atoms with Gasteiger partial charge in [-0.05, 0) is 11.5 Å². The van der Waals surface area contributed by atoms with Crippen LogP contribution >= 0.6 is 0 Å². The standard InChI is InChI=1S/C13H12N4/c1-17-9-7-12(16-17)15-13-11-5-3-2-4-10(11)6-8-14-13/h2-9H,1H3,(H,14,15,16). The summed E-state index contributed by atoms with van der Waals surface area (Å²) in [4.78, 5) is 4.35. The molecule has 0 bridgehead atoms. The lowest BCUT2D eigenvalue weighted by molar-refractivity contribution is 0.771. The number of hydrogen-bond acceptors (Lipinski definition) is 3. The fourth-order valence-electron chi connectivity index (χ4n) is 1.82. The molecule has 0 aliphatic heterocycles. The lowest BCUT2D eigenvalue weighted by atomic mass is 10.1. The van der Waals surface area contributed by atoms with Crippen LogP contribution < -0.4 is 5.32 Å². The maximum Gasteiger partial charge on any atom is 0.153 e. The molecule has 84 valence electrons. The number of nitrogens with zero attached hydrogens (tertiary/aromatic N) is 3. The van der Waals surface area contributed by atoms with Crippen molar-refractivity contribution < 1.29 is 0 Å². The van der Waals surface area contributed by atoms with Crippen molar-refractivity contribution in [3.63, 3.8) is 0 Å². The molecule has 3 aromatic rings. The van der Waals surface area contributed by atoms with Crippen molar-refractivity contribution in [2.45, 2.75) is 0 Å². The molecule has 2 aromatic heterocycles. The van der Waals surface area contributed by atoms with Gasteiger partial charge in [-0.15, -0.1) is 0 Å². The minimum Gasteiger partial charge on any atom is -0.323 e. The van der Waals surface area contributed by atoms with E-state index in [9.17, 15) is 0 Å². The first-order chi connectivity index (χ1) is 8.33. The highest BCUT2D eigenvalue weighted by Crippen LogP contribution is 2.22. The van der Waals surface area contributed by atoms with Gasteiger partial charge in [0, 0.05) is 30.9 Å². The second kappa shape index (κ2) is 3.90. The Labute approximate surface area is 98.9 Å². The van der Waals surface area contributed by atoms with Crippen molar-refractivity contribution >= 4 is 22.4 Å². The van der Waals surface area contributed by atoms with Gasteiger partial charge in [0.05, 0.1) is 0 Å². The number of aryl methyl sites for hydroxylation is 1. The van der Waals surface area contributed by atoms with Crippen LogP contribution in [0.5, 0.6) is 0 Å². The summed E-state index contributed by atoms with van der Waals surface area (Å²) in [5, 5.41) is 9.77. The minimum absolute atomic E-state index is 0.802. The number of benzene rings is 1. The SMILES string of the molecule is Cn1ccc(Nc2nccc3ccccc23)n1. The first kappa shape index (κ1) is 9.84. The topological polar surface area (TPSA) is 42.7 Å². The van der Waals surface area contributed by atoms with Crippen LogP contribution in [0.15, 0.2) is 48.8 Å². The van der Waals surface area contributed by atoms with E-state index in [1.165, 1.54) is 5.39 Å². The van der Waals surface area contributed by atoms with E-state index >= 15 is 0 Å². The third-order valence-electron chi connectivity index (χ3n) is 2.63. The number of nitrogens with one attached hydrogen (secondary N) is 1. The van der Waals surface area contributed by atoms with Gasteiger partial charge in [-0.2, -0.15) is 5.10 Å². The predicted octanol–water partition coefficient (Wildman–Crippen LogP) is 2.71. The molecular formula is C13H12N4. The van der Waals surface area contributed by atoms with Crippen LogP contribution in [0.4, 0.5) is 11.6 Å². The molecule has 0 atom stereocenters. The number of fused-ring (bicyclic) bond motifs is 1. The van der Waals surface area contributed by atoms with Crippen LogP contribution in [0.2, 0.25) is 0 Å². The van der Waals surface area contributed by atoms with Crippen LogP contribution in [0.3, 0.4) is 0 Å². The number of hydrogen-bond donors (Lipinski definition) is 1. The molecule has 17 heavy (non-hydrogen) atoms. The van der Waals surface area contributed by atoms with Crippen LogP contribution in [-0.2, 0) is 7.05 Å². The summed E-state index contributed by atoms with van der Waals surface area (Å²) in [6, 6.07) is 12.1. The van der Waals surface area contributed by atoms with Crippen molar-refractivity contribution in [2.24, 2.45) is 7.05 Å². The molecule has 4 nitrogen and oxygen atoms in total. The molecule has 0 aliphatic rings. The van der Waals surface area contributed by atoms with Crippen molar-refractivity contribution in [3.8, 4) is 0 Å². The Morgan fingerprint density at radius 2 is 2.00 bits per heavy atom. The van der Waals surface area contributed by atoms with Gasteiger partial charge in [0.25, 0.3) is 0 Å². The summed E-state index contributed by atoms with van der Waals surface area (Å²) >= 11 is 0. The third kappa shape index (κ3) is 1.85. The molecule has 0 unspecified atom stereocenters. The molecule has 0 saturated carbocycles. The Morgan fingerprint density at radius 3 is 2.82 bits per heavy atom. The normalized spacial score (nSPS) is 10.6. The Bertz CT molecular complexity index is 652. The van der Waals surface area contributed by atoms with E-state index in [0.29, 0.717) is 0 Å². The van der Waals surface area contributed by atoms with E-state index < -0.39 is 0 Å². The highest BCUT2D eigenvalue weighted by atomic mass is 15.3. The van der Waals surface area contributed by atoms with Crippen molar-refractivity contribution in [3.05, 3.63) is 48.8 Å². The van der Waals surface area contributed by atoms with E-state index in [1.807, 2.05) is 43.6 Å². The lowest BCUT2D eigenvalue weighted by Gasteiger charge is -2.05. The summed E-state index contributed by atoms with van der Waals surface area (Å²) in [5.74, 6) is 1.64. The molecule has 0 amide bonds. The van der Waals surface area contributed by atoms with E-state index in [2.05, 4.69) is 21.5 Å². The first-order valence-electron chi connectivity index (χ1n) is 5.43. The minimum atomic E-state index is 0.802. The lowest BCUT2D eigenvalue weighted by Crippen LogP contribution is -1.96. The zero-order valence-electron chi connectivity index (χ0n) is 9.46. The van der Waals surface area contributed by atoms with Crippen molar-refractivity contribution in [2.75, 3.05) is 5.32 Å². The monoisotopic (exact) mass is 224 g/mol. The number of aromatic nitrogens is 3. The van der Waals surface area contributed by atoms with E-state index in [-0.39, 0.29) is 0 Å². The highest BCUT2D eigenvalue weighted by Gasteiger charge is 2.03. The maximum atomic E-state index is 4.35. The summed E-state index contributed by atoms with van der Waals surface area (Å²) < 4.78 is 1.76. The van der Waals surface area contributed by atoms with Crippen LogP contribution in [0.1, 0.15) is 0 Å². The summed E-state index contributed by atoms with van der Waals surface area (Å²) in [7, 11) is 1.89. The van der Waals surface area contributed by atoms with E-state index in [4.69, 9.17) is 0 Å². The Kier molecular flexibility index (Phi) is 2.26. The number of rotatable bonds is 2. The van der Waals surface area contributed by atoms with Crippen LogP contribution in [0, 0.1) is 0 Å². The molecule has 0 spiro atoms. The van der Waals surface area contributed by atoms with Crippen molar-refractivity contribution in [1.82, 2.24) is 14.8 Å². The van der Waals surface area contributed by atoms with Gasteiger partial charge in [-0.3, -0.25) is 4.68 Å². The predicted molar refractivity (Wildman–Crippen MR) is 68.2 cm³/mol. The van der Waals surface area contributed by atoms with Gasteiger partial charge in [-0.25, -0.2) is 4.98 Å². The van der Waals surface area contributed by atoms with Gasteiger partial charge in [-0.1, -0.05) is 24.3 Å². The van der Waals surface area contributed by atoms with Gasteiger partial charge >= 0.3 is 0 Å². The highest BCUT2D eigenvalue weighted by molar-refractivity contribution is 5.92. The molecule has 2 heterocycles. The molecule has 0 fully saturated rings. The fraction of sp³-hybridized carbons (Fsp3) is 0.0769. The number of anilines is 2. The summed E-state index contributed by atoms with van der Waals surface area (Å²) in [6.07, 6.45) is 3.70. The summed E-state index contributed by atoms with van der Waals surface area (Å²) in [6.45, 7) is 0. The van der Waals surface area contributed by atoms with Crippen LogP contribution in [0.25, 0.3) is 10.8 Å². The van der Waals surface area contributed by atoms with E-state index in [0.717, 1.165) is 17.0 Å². The molecule has 4 heteroatoms. The zero-order chi connectivity index (χ0) is 11.7. The average molecular weight is 224 g/mol. The smallest absolute Gasteiger partial charge is 0.153 e. The van der Waals surface area contributed by atoms with Gasteiger partial charge in [0.2, 0.25) is 0 Å². The Hall–Kier alpha value is -2.36. The molecule has 1 aromatic carbocycles. The van der Waals surface area contributed by atoms with Gasteiger partial charge < -0.3 is 5.32 Å². The molecule has 0 saturated heterocycles. The van der Waals surface area contributed by atoms with Crippen LogP contribution in [-0.4, -0.2) is 14.8 Å². The Morgan fingerprint density at radius 1 is 1.12 bits per heavy atom. The summed E-state index contributed by atoms with van der Waals surface area (Å²) in [5.41, 5.74) is 0. The largest absolute Gasteiger partial charge is 0.323 e. The molecular weight excluding hydrogens is 212 g/mol. The first-order valence-corrected chi connectivity index (χ1v) is 5.43. The number of pyridine rings is 1. The fourth-order valence-corrected chi connectivity index (χ4v) is 1.82. The van der Waals surface area contributed by atoms with Gasteiger partial charge in [0.15, 0.2) is 5.82 Å². The van der Waals surface area contributed by atoms with E-state index in [1.54, 1.807) is 10.9 Å². The molecule has 3 rings (SSSR count). The average Bonchev–Trinajstić information content (AvgIpc) is 2.75. The quantitative estimate of drug-likeness (QED) is 0.727.